The molecular weight excluding hydrogens is 322 g/mol. The zero-order chi connectivity index (χ0) is 12.0. The number of nitrogens with zero attached hydrogens (tertiary/aromatic N) is 2. The van der Waals surface area contributed by atoms with Crippen molar-refractivity contribution in [2.24, 2.45) is 0 Å². The fourth-order valence-electron chi connectivity index (χ4n) is 1.67. The van der Waals surface area contributed by atoms with E-state index in [9.17, 15) is 0 Å². The molecule has 0 amide bonds. The van der Waals surface area contributed by atoms with Crippen LogP contribution in [0.15, 0.2) is 34.2 Å². The first-order valence-electron chi connectivity index (χ1n) is 4.83. The van der Waals surface area contributed by atoms with Gasteiger partial charge >= 0.3 is 0 Å². The largest absolute Gasteiger partial charge is 0.383 e. The molecule has 0 atom stereocenters. The zero-order valence-electron chi connectivity index (χ0n) is 8.52. The van der Waals surface area contributed by atoms with Crippen LogP contribution in [0.5, 0.6) is 0 Å². The minimum atomic E-state index is 0.602. The third kappa shape index (κ3) is 1.74. The van der Waals surface area contributed by atoms with Crippen LogP contribution in [0.3, 0.4) is 0 Å². The molecular formula is C11H7BrClN3S. The van der Waals surface area contributed by atoms with Gasteiger partial charge in [0.05, 0.1) is 9.90 Å². The molecule has 17 heavy (non-hydrogen) atoms. The average Bonchev–Trinajstić information content (AvgIpc) is 2.84. The van der Waals surface area contributed by atoms with Gasteiger partial charge in [-0.25, -0.2) is 4.98 Å². The third-order valence-electron chi connectivity index (χ3n) is 2.45. The number of hydrogen-bond donors (Lipinski definition) is 1. The molecule has 86 valence electrons. The van der Waals surface area contributed by atoms with E-state index in [1.165, 1.54) is 0 Å². The fraction of sp³-hybridized carbons (Fsp3) is 0. The van der Waals surface area contributed by atoms with Crippen molar-refractivity contribution in [3.05, 3.63) is 39.3 Å². The molecule has 2 N–H and O–H groups in total. The monoisotopic (exact) mass is 327 g/mol. The van der Waals surface area contributed by atoms with Crippen LogP contribution >= 0.6 is 38.9 Å². The molecule has 3 heterocycles. The van der Waals surface area contributed by atoms with Crippen LogP contribution in [0.2, 0.25) is 5.02 Å². The molecule has 0 fully saturated rings. The Morgan fingerprint density at radius 3 is 2.88 bits per heavy atom. The first-order chi connectivity index (χ1) is 8.16. The van der Waals surface area contributed by atoms with Crippen molar-refractivity contribution in [1.29, 1.82) is 0 Å². The third-order valence-corrected chi connectivity index (χ3v) is 4.52. The topological polar surface area (TPSA) is 43.3 Å². The van der Waals surface area contributed by atoms with Gasteiger partial charge in [-0.1, -0.05) is 11.6 Å². The van der Waals surface area contributed by atoms with E-state index in [1.807, 2.05) is 17.5 Å². The summed E-state index contributed by atoms with van der Waals surface area (Å²) in [4.78, 5) is 5.55. The quantitative estimate of drug-likeness (QED) is 0.732. The lowest BCUT2D eigenvalue weighted by molar-refractivity contribution is 1.20. The van der Waals surface area contributed by atoms with Crippen molar-refractivity contribution in [3.63, 3.8) is 0 Å². The average molecular weight is 329 g/mol. The maximum Gasteiger partial charge on any atom is 0.139 e. The second kappa shape index (κ2) is 4.01. The van der Waals surface area contributed by atoms with E-state index in [1.54, 1.807) is 28.0 Å². The highest BCUT2D eigenvalue weighted by atomic mass is 79.9. The number of rotatable bonds is 1. The van der Waals surface area contributed by atoms with E-state index in [-0.39, 0.29) is 0 Å². The van der Waals surface area contributed by atoms with E-state index >= 15 is 0 Å². The summed E-state index contributed by atoms with van der Waals surface area (Å²) in [6.45, 7) is 0. The van der Waals surface area contributed by atoms with Gasteiger partial charge in [-0.2, -0.15) is 0 Å². The minimum Gasteiger partial charge on any atom is -0.383 e. The summed E-state index contributed by atoms with van der Waals surface area (Å²) in [6.07, 6.45) is 1.77. The van der Waals surface area contributed by atoms with Gasteiger partial charge in [-0.05, 0) is 39.5 Å². The number of aromatic nitrogens is 2. The number of halogens is 2. The molecule has 3 nitrogen and oxygen atoms in total. The summed E-state index contributed by atoms with van der Waals surface area (Å²) in [7, 11) is 0. The number of imidazole rings is 1. The Morgan fingerprint density at radius 1 is 1.35 bits per heavy atom. The number of nitrogen functional groups attached to an aromatic ring is 1. The van der Waals surface area contributed by atoms with Crippen LogP contribution in [-0.2, 0) is 0 Å². The van der Waals surface area contributed by atoms with Crippen molar-refractivity contribution < 1.29 is 0 Å². The number of pyridine rings is 1. The standard InChI is InChI=1S/C11H7BrClN3S/c12-7-3-4-17-10(7)9-11(14)16-5-6(13)1-2-8(16)15-9/h1-5H,14H2. The Labute approximate surface area is 115 Å². The first-order valence-corrected chi connectivity index (χ1v) is 6.88. The van der Waals surface area contributed by atoms with Crippen LogP contribution < -0.4 is 5.73 Å². The van der Waals surface area contributed by atoms with Crippen molar-refractivity contribution in [3.8, 4) is 10.6 Å². The van der Waals surface area contributed by atoms with Gasteiger partial charge in [0, 0.05) is 10.7 Å². The Balaban J connectivity index is 2.32. The molecule has 0 spiro atoms. The number of fused-ring (bicyclic) bond motifs is 1. The highest BCUT2D eigenvalue weighted by molar-refractivity contribution is 9.10. The summed E-state index contributed by atoms with van der Waals surface area (Å²) >= 11 is 11.0. The molecule has 3 rings (SSSR count). The van der Waals surface area contributed by atoms with E-state index in [4.69, 9.17) is 17.3 Å². The van der Waals surface area contributed by atoms with Crippen LogP contribution in [0, 0.1) is 0 Å². The summed E-state index contributed by atoms with van der Waals surface area (Å²) < 4.78 is 2.80. The molecule has 0 aliphatic rings. The molecule has 3 aromatic heterocycles. The molecule has 3 aromatic rings. The van der Waals surface area contributed by atoms with Crippen molar-refractivity contribution in [2.75, 3.05) is 5.73 Å². The Hall–Kier alpha value is -1.04. The summed E-state index contributed by atoms with van der Waals surface area (Å²) in [5.41, 5.74) is 7.68. The van der Waals surface area contributed by atoms with Gasteiger partial charge in [0.25, 0.3) is 0 Å². The van der Waals surface area contributed by atoms with Gasteiger partial charge in [-0.15, -0.1) is 11.3 Å². The van der Waals surface area contributed by atoms with Gasteiger partial charge in [0.15, 0.2) is 0 Å². The second-order valence-corrected chi connectivity index (χ2v) is 5.73. The van der Waals surface area contributed by atoms with Crippen LogP contribution in [0.1, 0.15) is 0 Å². The number of hydrogen-bond acceptors (Lipinski definition) is 3. The second-order valence-electron chi connectivity index (χ2n) is 3.52. The number of thiophene rings is 1. The summed E-state index contributed by atoms with van der Waals surface area (Å²) in [6, 6.07) is 5.64. The smallest absolute Gasteiger partial charge is 0.139 e. The van der Waals surface area contributed by atoms with E-state index in [0.29, 0.717) is 10.8 Å². The maximum atomic E-state index is 6.10. The Morgan fingerprint density at radius 2 is 2.18 bits per heavy atom. The van der Waals surface area contributed by atoms with Crippen LogP contribution in [0.25, 0.3) is 16.2 Å². The molecule has 0 unspecified atom stereocenters. The van der Waals surface area contributed by atoms with Gasteiger partial charge in [-0.3, -0.25) is 4.40 Å². The van der Waals surface area contributed by atoms with Crippen LogP contribution in [-0.4, -0.2) is 9.38 Å². The molecule has 0 radical (unpaired) electrons. The zero-order valence-corrected chi connectivity index (χ0v) is 11.7. The molecule has 0 saturated heterocycles. The Kier molecular flexibility index (Phi) is 2.61. The normalized spacial score (nSPS) is 11.2. The number of anilines is 1. The van der Waals surface area contributed by atoms with E-state index < -0.39 is 0 Å². The molecule has 0 bridgehead atoms. The summed E-state index contributed by atoms with van der Waals surface area (Å²) in [5, 5.41) is 2.63. The van der Waals surface area contributed by atoms with Gasteiger partial charge < -0.3 is 5.73 Å². The van der Waals surface area contributed by atoms with Crippen molar-refractivity contribution >= 4 is 50.3 Å². The highest BCUT2D eigenvalue weighted by Gasteiger charge is 2.14. The molecule has 0 aliphatic carbocycles. The predicted octanol–water partition coefficient (Wildman–Crippen LogP) is 4.06. The first kappa shape index (κ1) is 11.1. The number of nitrogens with two attached hydrogens (primary N) is 1. The lowest BCUT2D eigenvalue weighted by atomic mass is 10.3. The van der Waals surface area contributed by atoms with E-state index in [0.717, 1.165) is 20.7 Å². The van der Waals surface area contributed by atoms with E-state index in [2.05, 4.69) is 20.9 Å². The van der Waals surface area contributed by atoms with Crippen molar-refractivity contribution in [2.45, 2.75) is 0 Å². The maximum absolute atomic E-state index is 6.10. The van der Waals surface area contributed by atoms with Gasteiger partial charge in [0.1, 0.15) is 17.2 Å². The predicted molar refractivity (Wildman–Crippen MR) is 75.6 cm³/mol. The molecule has 6 heteroatoms. The summed E-state index contributed by atoms with van der Waals surface area (Å²) in [5.74, 6) is 0.602. The highest BCUT2D eigenvalue weighted by Crippen LogP contribution is 2.36. The fourth-order valence-corrected chi connectivity index (χ4v) is 3.39. The lowest BCUT2D eigenvalue weighted by Crippen LogP contribution is -1.93. The Bertz CT molecular complexity index is 704. The van der Waals surface area contributed by atoms with Gasteiger partial charge in [0.2, 0.25) is 0 Å². The molecule has 0 saturated carbocycles. The van der Waals surface area contributed by atoms with Crippen LogP contribution in [0.4, 0.5) is 5.82 Å². The van der Waals surface area contributed by atoms with Crippen molar-refractivity contribution in [1.82, 2.24) is 9.38 Å². The lowest BCUT2D eigenvalue weighted by Gasteiger charge is -1.97. The minimum absolute atomic E-state index is 0.602. The molecule has 0 aromatic carbocycles. The molecule has 0 aliphatic heterocycles. The SMILES string of the molecule is Nc1c(-c2sccc2Br)nc2ccc(Cl)cn12.